The van der Waals surface area contributed by atoms with E-state index in [-0.39, 0.29) is 17.5 Å². The van der Waals surface area contributed by atoms with E-state index in [4.69, 9.17) is 5.73 Å². The van der Waals surface area contributed by atoms with Crippen LogP contribution in [-0.2, 0) is 0 Å². The number of carbonyl (C=O) groups excluding carboxylic acids is 1. The number of unbranched alkanes of at least 4 members (excludes halogenated alkanes) is 1. The summed E-state index contributed by atoms with van der Waals surface area (Å²) in [7, 11) is 0. The Labute approximate surface area is 137 Å². The molecule has 0 saturated heterocycles. The van der Waals surface area contributed by atoms with Crippen LogP contribution < -0.4 is 16.6 Å². The summed E-state index contributed by atoms with van der Waals surface area (Å²) in [6.07, 6.45) is 2.89. The summed E-state index contributed by atoms with van der Waals surface area (Å²) in [4.78, 5) is 27.1. The van der Waals surface area contributed by atoms with Crippen LogP contribution in [0.4, 0.5) is 0 Å². The molecule has 0 aliphatic carbocycles. The average Bonchev–Trinajstić information content (AvgIpc) is 2.51. The fourth-order valence-corrected chi connectivity index (χ4v) is 2.86. The number of aromatic nitrogens is 1. The molecule has 5 nitrogen and oxygen atoms in total. The van der Waals surface area contributed by atoms with Gasteiger partial charge in [-0.05, 0) is 28.4 Å². The Morgan fingerprint density at radius 1 is 1.45 bits per heavy atom. The van der Waals surface area contributed by atoms with Crippen molar-refractivity contribution in [2.45, 2.75) is 32.2 Å². The lowest BCUT2D eigenvalue weighted by Gasteiger charge is -2.17. The van der Waals surface area contributed by atoms with Crippen molar-refractivity contribution in [2.75, 3.05) is 6.54 Å². The molecular weight excluding hydrogens is 346 g/mol. The van der Waals surface area contributed by atoms with Gasteiger partial charge in [0.1, 0.15) is 0 Å². The molecule has 22 heavy (non-hydrogen) atoms. The molecule has 0 spiro atoms. The lowest BCUT2D eigenvalue weighted by Crippen LogP contribution is -2.40. The van der Waals surface area contributed by atoms with Crippen molar-refractivity contribution >= 4 is 32.7 Å². The monoisotopic (exact) mass is 365 g/mol. The van der Waals surface area contributed by atoms with Crippen molar-refractivity contribution < 1.29 is 4.79 Å². The molecule has 2 aromatic rings. The standard InChI is InChI=1S/C16H20BrN3O2/c1-2-3-5-10(9-18)19-16(22)12-8-14(21)20-15-11(12)6-4-7-13(15)17/h4,6-8,10H,2-3,5,9,18H2,1H3,(H,19,22)(H,20,21). The summed E-state index contributed by atoms with van der Waals surface area (Å²) >= 11 is 3.39. The molecule has 1 unspecified atom stereocenters. The minimum atomic E-state index is -0.303. The Morgan fingerprint density at radius 3 is 2.91 bits per heavy atom. The molecule has 0 bridgehead atoms. The Morgan fingerprint density at radius 2 is 2.23 bits per heavy atom. The predicted octanol–water partition coefficient (Wildman–Crippen LogP) is 2.54. The van der Waals surface area contributed by atoms with Gasteiger partial charge in [0.2, 0.25) is 5.56 Å². The Hall–Kier alpha value is -1.66. The van der Waals surface area contributed by atoms with Gasteiger partial charge in [-0.15, -0.1) is 0 Å². The van der Waals surface area contributed by atoms with Crippen LogP contribution in [0.1, 0.15) is 36.5 Å². The molecule has 0 aliphatic rings. The molecule has 0 radical (unpaired) electrons. The van der Waals surface area contributed by atoms with Gasteiger partial charge in [0.05, 0.1) is 11.1 Å². The number of amides is 1. The molecular formula is C16H20BrN3O2. The summed E-state index contributed by atoms with van der Waals surface area (Å²) in [5.74, 6) is -0.263. The minimum absolute atomic E-state index is 0.0751. The maximum absolute atomic E-state index is 12.5. The van der Waals surface area contributed by atoms with Crippen LogP contribution >= 0.6 is 15.9 Å². The number of aromatic amines is 1. The number of H-pyrrole nitrogens is 1. The summed E-state index contributed by atoms with van der Waals surface area (Å²) < 4.78 is 0.748. The third kappa shape index (κ3) is 3.75. The molecule has 1 aromatic carbocycles. The van der Waals surface area contributed by atoms with Gasteiger partial charge in [-0.3, -0.25) is 9.59 Å². The first-order valence-corrected chi connectivity index (χ1v) is 8.18. The zero-order valence-electron chi connectivity index (χ0n) is 12.5. The van der Waals surface area contributed by atoms with Gasteiger partial charge in [0, 0.05) is 28.5 Å². The number of hydrogen-bond donors (Lipinski definition) is 3. The summed E-state index contributed by atoms with van der Waals surface area (Å²) in [5.41, 5.74) is 6.41. The number of rotatable bonds is 6. The molecule has 1 atom stereocenters. The van der Waals surface area contributed by atoms with Crippen LogP contribution in [0.25, 0.3) is 10.9 Å². The fraction of sp³-hybridized carbons (Fsp3) is 0.375. The van der Waals surface area contributed by atoms with Crippen molar-refractivity contribution in [1.82, 2.24) is 10.3 Å². The zero-order valence-corrected chi connectivity index (χ0v) is 14.1. The topological polar surface area (TPSA) is 88.0 Å². The Bertz CT molecular complexity index is 727. The van der Waals surface area contributed by atoms with Crippen molar-refractivity contribution in [2.24, 2.45) is 5.73 Å². The number of carbonyl (C=O) groups is 1. The molecule has 6 heteroatoms. The molecule has 4 N–H and O–H groups in total. The average molecular weight is 366 g/mol. The van der Waals surface area contributed by atoms with Crippen molar-refractivity contribution in [3.8, 4) is 0 Å². The molecule has 1 aromatic heterocycles. The van der Waals surface area contributed by atoms with Gasteiger partial charge in [0.25, 0.3) is 5.91 Å². The van der Waals surface area contributed by atoms with Crippen molar-refractivity contribution in [3.05, 3.63) is 44.7 Å². The van der Waals surface area contributed by atoms with E-state index in [9.17, 15) is 9.59 Å². The van der Waals surface area contributed by atoms with Gasteiger partial charge in [0.15, 0.2) is 0 Å². The van der Waals surface area contributed by atoms with Crippen LogP contribution in [0.3, 0.4) is 0 Å². The maximum Gasteiger partial charge on any atom is 0.252 e. The second kappa shape index (κ2) is 7.56. The van der Waals surface area contributed by atoms with E-state index in [1.54, 1.807) is 0 Å². The molecule has 1 heterocycles. The molecule has 0 aliphatic heterocycles. The van der Waals surface area contributed by atoms with E-state index < -0.39 is 0 Å². The fourth-order valence-electron chi connectivity index (χ4n) is 2.39. The number of hydrogen-bond acceptors (Lipinski definition) is 3. The SMILES string of the molecule is CCCCC(CN)NC(=O)c1cc(=O)[nH]c2c(Br)cccc12. The van der Waals surface area contributed by atoms with Gasteiger partial charge in [-0.1, -0.05) is 31.9 Å². The van der Waals surface area contributed by atoms with E-state index in [1.807, 2.05) is 18.2 Å². The van der Waals surface area contributed by atoms with Gasteiger partial charge in [-0.2, -0.15) is 0 Å². The zero-order chi connectivity index (χ0) is 16.1. The van der Waals surface area contributed by atoms with Gasteiger partial charge >= 0.3 is 0 Å². The number of benzene rings is 1. The highest BCUT2D eigenvalue weighted by Gasteiger charge is 2.16. The van der Waals surface area contributed by atoms with Crippen LogP contribution in [-0.4, -0.2) is 23.5 Å². The first-order valence-electron chi connectivity index (χ1n) is 7.39. The summed E-state index contributed by atoms with van der Waals surface area (Å²) in [6, 6.07) is 6.73. The molecule has 118 valence electrons. The smallest absolute Gasteiger partial charge is 0.252 e. The second-order valence-electron chi connectivity index (χ2n) is 5.26. The first kappa shape index (κ1) is 16.7. The minimum Gasteiger partial charge on any atom is -0.348 e. The number of pyridine rings is 1. The summed E-state index contributed by atoms with van der Waals surface area (Å²) in [6.45, 7) is 2.48. The first-order chi connectivity index (χ1) is 10.6. The van der Waals surface area contributed by atoms with E-state index in [2.05, 4.69) is 33.2 Å². The number of nitrogens with two attached hydrogens (primary N) is 1. The van der Waals surface area contributed by atoms with E-state index in [1.165, 1.54) is 6.07 Å². The lowest BCUT2D eigenvalue weighted by atomic mass is 10.1. The highest BCUT2D eigenvalue weighted by atomic mass is 79.9. The van der Waals surface area contributed by atoms with Crippen molar-refractivity contribution in [3.63, 3.8) is 0 Å². The quantitative estimate of drug-likeness (QED) is 0.734. The molecule has 0 fully saturated rings. The van der Waals surface area contributed by atoms with Crippen LogP contribution in [0.2, 0.25) is 0 Å². The Kier molecular flexibility index (Phi) is 5.74. The predicted molar refractivity (Wildman–Crippen MR) is 92.1 cm³/mol. The number of para-hydroxylation sites is 1. The number of halogens is 1. The largest absolute Gasteiger partial charge is 0.348 e. The number of fused-ring (bicyclic) bond motifs is 1. The maximum atomic E-state index is 12.5. The molecule has 1 amide bonds. The molecule has 2 rings (SSSR count). The third-order valence-corrected chi connectivity index (χ3v) is 4.26. The highest BCUT2D eigenvalue weighted by Crippen LogP contribution is 2.23. The van der Waals surface area contributed by atoms with Gasteiger partial charge < -0.3 is 16.0 Å². The Balaban J connectivity index is 2.35. The third-order valence-electron chi connectivity index (χ3n) is 3.60. The van der Waals surface area contributed by atoms with Crippen LogP contribution in [0.5, 0.6) is 0 Å². The van der Waals surface area contributed by atoms with E-state index >= 15 is 0 Å². The van der Waals surface area contributed by atoms with Gasteiger partial charge in [-0.25, -0.2) is 0 Å². The van der Waals surface area contributed by atoms with E-state index in [0.29, 0.717) is 23.0 Å². The highest BCUT2D eigenvalue weighted by molar-refractivity contribution is 9.10. The normalized spacial score (nSPS) is 12.3. The lowest BCUT2D eigenvalue weighted by molar-refractivity contribution is 0.0937. The summed E-state index contributed by atoms with van der Waals surface area (Å²) in [5, 5.41) is 3.63. The van der Waals surface area contributed by atoms with Crippen LogP contribution in [0.15, 0.2) is 33.5 Å². The molecule has 0 saturated carbocycles. The van der Waals surface area contributed by atoms with E-state index in [0.717, 1.165) is 23.7 Å². The second-order valence-corrected chi connectivity index (χ2v) is 6.11. The van der Waals surface area contributed by atoms with Crippen molar-refractivity contribution in [1.29, 1.82) is 0 Å². The number of nitrogens with one attached hydrogen (secondary N) is 2. The van der Waals surface area contributed by atoms with Crippen LogP contribution in [0, 0.1) is 0 Å².